The van der Waals surface area contributed by atoms with Crippen molar-refractivity contribution in [1.82, 2.24) is 0 Å². The van der Waals surface area contributed by atoms with Crippen LogP contribution in [-0.2, 0) is 4.74 Å². The Bertz CT molecular complexity index is 1510. The molecular formula is C29H24BN3O7. The number of nitro benzene ring substituents is 3. The summed E-state index contributed by atoms with van der Waals surface area (Å²) in [4.78, 5) is 32.7. The number of methoxy groups -OCH3 is 1. The van der Waals surface area contributed by atoms with E-state index < -0.39 is 21.5 Å². The van der Waals surface area contributed by atoms with Gasteiger partial charge in [-0.3, -0.25) is 30.3 Å². The first-order chi connectivity index (χ1) is 19.2. The number of rotatable bonds is 10. The Balaban J connectivity index is 2.06. The van der Waals surface area contributed by atoms with E-state index in [1.807, 2.05) is 31.2 Å². The highest BCUT2D eigenvalue weighted by Crippen LogP contribution is 2.31. The predicted octanol–water partition coefficient (Wildman–Crippen LogP) is 5.13. The second kappa shape index (κ2) is 12.1. The van der Waals surface area contributed by atoms with Crippen molar-refractivity contribution < 1.29 is 19.5 Å². The second-order valence-corrected chi connectivity index (χ2v) is 9.13. The molecule has 0 saturated heterocycles. The first kappa shape index (κ1) is 27.9. The van der Waals surface area contributed by atoms with E-state index in [1.165, 1.54) is 36.4 Å². The van der Waals surface area contributed by atoms with Crippen LogP contribution in [0.1, 0.15) is 16.7 Å². The fourth-order valence-corrected chi connectivity index (χ4v) is 4.60. The molecule has 40 heavy (non-hydrogen) atoms. The SMILES string of the molecule is COC/C(=C(\B(c1ccc([N+](=O)[O-])cc1)c1ccc([N+](=O)[O-])cc1)c1ccc([N+](=O)[O-])cc1)c1ccc(C)cc1. The number of aryl methyl sites for hydroxylation is 1. The van der Waals surface area contributed by atoms with E-state index in [2.05, 4.69) is 0 Å². The van der Waals surface area contributed by atoms with Crippen molar-refractivity contribution in [3.63, 3.8) is 0 Å². The molecule has 0 spiro atoms. The average Bonchev–Trinajstić information content (AvgIpc) is 2.95. The monoisotopic (exact) mass is 537 g/mol. The number of benzene rings is 4. The molecular weight excluding hydrogens is 513 g/mol. The van der Waals surface area contributed by atoms with Crippen LogP contribution in [0.5, 0.6) is 0 Å². The van der Waals surface area contributed by atoms with Gasteiger partial charge in [0.05, 0.1) is 21.4 Å². The highest BCUT2D eigenvalue weighted by Gasteiger charge is 2.30. The van der Waals surface area contributed by atoms with Crippen LogP contribution >= 0.6 is 0 Å². The quantitative estimate of drug-likeness (QED) is 0.118. The molecule has 0 aromatic heterocycles. The summed E-state index contributed by atoms with van der Waals surface area (Å²) in [6.07, 6.45) is 0. The van der Waals surface area contributed by atoms with Gasteiger partial charge in [0, 0.05) is 43.5 Å². The molecule has 0 radical (unpaired) electrons. The highest BCUT2D eigenvalue weighted by atomic mass is 16.6. The summed E-state index contributed by atoms with van der Waals surface area (Å²) in [5.74, 6) is 0. The number of nitro groups is 3. The van der Waals surface area contributed by atoms with Crippen molar-refractivity contribution in [1.29, 1.82) is 0 Å². The van der Waals surface area contributed by atoms with Gasteiger partial charge in [-0.2, -0.15) is 0 Å². The van der Waals surface area contributed by atoms with Gasteiger partial charge in [0.25, 0.3) is 17.1 Å². The van der Waals surface area contributed by atoms with Crippen molar-refractivity contribution in [2.24, 2.45) is 0 Å². The summed E-state index contributed by atoms with van der Waals surface area (Å²) in [6, 6.07) is 26.2. The van der Waals surface area contributed by atoms with Crippen molar-refractivity contribution >= 4 is 45.7 Å². The zero-order chi connectivity index (χ0) is 28.8. The summed E-state index contributed by atoms with van der Waals surface area (Å²) >= 11 is 0. The minimum absolute atomic E-state index is 0.0750. The average molecular weight is 537 g/mol. The molecule has 0 aliphatic carbocycles. The van der Waals surface area contributed by atoms with E-state index >= 15 is 0 Å². The first-order valence-corrected chi connectivity index (χ1v) is 12.2. The maximum absolute atomic E-state index is 11.4. The molecule has 0 atom stereocenters. The smallest absolute Gasteiger partial charge is 0.269 e. The van der Waals surface area contributed by atoms with E-state index in [0.29, 0.717) is 16.5 Å². The molecule has 4 aromatic rings. The molecule has 0 heterocycles. The number of nitrogens with zero attached hydrogens (tertiary/aromatic N) is 3. The van der Waals surface area contributed by atoms with Crippen molar-refractivity contribution in [2.75, 3.05) is 13.7 Å². The van der Waals surface area contributed by atoms with Crippen LogP contribution in [0.4, 0.5) is 17.1 Å². The molecule has 4 aromatic carbocycles. The molecule has 4 rings (SSSR count). The maximum atomic E-state index is 11.4. The van der Waals surface area contributed by atoms with Gasteiger partial charge in [0.15, 0.2) is 0 Å². The van der Waals surface area contributed by atoms with Crippen LogP contribution in [-0.4, -0.2) is 35.2 Å². The number of hydrogen-bond donors (Lipinski definition) is 0. The van der Waals surface area contributed by atoms with E-state index in [-0.39, 0.29) is 23.7 Å². The first-order valence-electron chi connectivity index (χ1n) is 12.2. The van der Waals surface area contributed by atoms with Crippen molar-refractivity contribution in [3.8, 4) is 0 Å². The van der Waals surface area contributed by atoms with Gasteiger partial charge in [-0.15, -0.1) is 0 Å². The largest absolute Gasteiger partial charge is 0.380 e. The summed E-state index contributed by atoms with van der Waals surface area (Å²) in [5, 5.41) is 34.1. The van der Waals surface area contributed by atoms with Gasteiger partial charge >= 0.3 is 0 Å². The van der Waals surface area contributed by atoms with E-state index in [0.717, 1.165) is 22.2 Å². The van der Waals surface area contributed by atoms with Crippen molar-refractivity contribution in [3.05, 3.63) is 144 Å². The summed E-state index contributed by atoms with van der Waals surface area (Å²) in [6.45, 7) is 1.60. The summed E-state index contributed by atoms with van der Waals surface area (Å²) < 4.78 is 5.63. The van der Waals surface area contributed by atoms with Crippen LogP contribution in [0.3, 0.4) is 0 Å². The van der Waals surface area contributed by atoms with Crippen LogP contribution in [0.2, 0.25) is 0 Å². The lowest BCUT2D eigenvalue weighted by Crippen LogP contribution is -2.44. The van der Waals surface area contributed by atoms with E-state index in [4.69, 9.17) is 4.74 Å². The third kappa shape index (κ3) is 6.11. The molecule has 0 amide bonds. The van der Waals surface area contributed by atoms with Crippen molar-refractivity contribution in [2.45, 2.75) is 6.92 Å². The molecule has 0 aliphatic heterocycles. The Labute approximate surface area is 230 Å². The summed E-state index contributed by atoms with van der Waals surface area (Å²) in [7, 11) is 1.56. The fourth-order valence-electron chi connectivity index (χ4n) is 4.60. The Morgan fingerprint density at radius 3 is 1.38 bits per heavy atom. The topological polar surface area (TPSA) is 139 Å². The van der Waals surface area contributed by atoms with E-state index in [1.54, 1.807) is 43.5 Å². The number of hydrogen-bond acceptors (Lipinski definition) is 7. The Hall–Kier alpha value is -5.16. The molecule has 0 aliphatic rings. The standard InChI is InChI=1S/C29H24BN3O7/c1-20-3-5-21(6-4-20)28(19-40-2)29(22-7-13-25(14-8-22)31(34)35)30(23-9-15-26(16-10-23)32(36)37)24-11-17-27(18-12-24)33(38)39/h3-18H,19H2,1-2H3/b29-28+. The molecule has 11 heteroatoms. The lowest BCUT2D eigenvalue weighted by atomic mass is 9.34. The lowest BCUT2D eigenvalue weighted by molar-refractivity contribution is -0.385. The number of non-ortho nitro benzene ring substituents is 3. The van der Waals surface area contributed by atoms with Crippen LogP contribution in [0.15, 0.2) is 97.1 Å². The molecule has 10 nitrogen and oxygen atoms in total. The molecule has 0 fully saturated rings. The Kier molecular flexibility index (Phi) is 8.46. The predicted molar refractivity (Wildman–Crippen MR) is 154 cm³/mol. The van der Waals surface area contributed by atoms with Crippen LogP contribution < -0.4 is 10.9 Å². The zero-order valence-corrected chi connectivity index (χ0v) is 21.7. The number of ether oxygens (including phenoxy) is 1. The van der Waals surface area contributed by atoms with Gasteiger partial charge in [-0.05, 0) is 35.8 Å². The molecule has 0 bridgehead atoms. The molecule has 0 saturated carbocycles. The Morgan fingerprint density at radius 1 is 0.625 bits per heavy atom. The van der Waals surface area contributed by atoms with E-state index in [9.17, 15) is 30.3 Å². The van der Waals surface area contributed by atoms with Gasteiger partial charge < -0.3 is 4.74 Å². The second-order valence-electron chi connectivity index (χ2n) is 9.13. The third-order valence-corrected chi connectivity index (χ3v) is 6.57. The Morgan fingerprint density at radius 2 is 1.00 bits per heavy atom. The van der Waals surface area contributed by atoms with Gasteiger partial charge in [0.1, 0.15) is 0 Å². The third-order valence-electron chi connectivity index (χ3n) is 6.57. The highest BCUT2D eigenvalue weighted by molar-refractivity contribution is 7.00. The minimum Gasteiger partial charge on any atom is -0.380 e. The fraction of sp³-hybridized carbons (Fsp3) is 0.103. The van der Waals surface area contributed by atoms with Crippen LogP contribution in [0.25, 0.3) is 11.0 Å². The maximum Gasteiger partial charge on any atom is 0.269 e. The minimum atomic E-state index is -0.561. The normalized spacial score (nSPS) is 11.4. The van der Waals surface area contributed by atoms with Crippen LogP contribution in [0, 0.1) is 37.3 Å². The van der Waals surface area contributed by atoms with Gasteiger partial charge in [-0.1, -0.05) is 70.5 Å². The van der Waals surface area contributed by atoms with Gasteiger partial charge in [0.2, 0.25) is 6.71 Å². The molecule has 0 unspecified atom stereocenters. The van der Waals surface area contributed by atoms with Gasteiger partial charge in [-0.25, -0.2) is 0 Å². The molecule has 0 N–H and O–H groups in total. The molecule has 200 valence electrons. The lowest BCUT2D eigenvalue weighted by Gasteiger charge is -2.24. The zero-order valence-electron chi connectivity index (χ0n) is 21.7. The summed E-state index contributed by atoms with van der Waals surface area (Å²) in [5.41, 5.74) is 5.25.